The summed E-state index contributed by atoms with van der Waals surface area (Å²) < 4.78 is 37.6. The molecule has 37 heavy (non-hydrogen) atoms. The van der Waals surface area contributed by atoms with E-state index in [-0.39, 0.29) is 11.3 Å². The van der Waals surface area contributed by atoms with Gasteiger partial charge in [-0.2, -0.15) is 0 Å². The molecule has 2 unspecified atom stereocenters. The first kappa shape index (κ1) is 27.4. The van der Waals surface area contributed by atoms with Crippen molar-refractivity contribution in [2.24, 2.45) is 0 Å². The molecule has 2 saturated heterocycles. The van der Waals surface area contributed by atoms with E-state index >= 15 is 0 Å². The number of carbonyl (C=O) groups is 1. The topological polar surface area (TPSA) is 108 Å². The van der Waals surface area contributed by atoms with Crippen molar-refractivity contribution in [3.63, 3.8) is 0 Å². The number of nitrogens with one attached hydrogen (secondary N) is 1. The van der Waals surface area contributed by atoms with Gasteiger partial charge in [-0.15, -0.1) is 0 Å². The van der Waals surface area contributed by atoms with Crippen LogP contribution < -0.4 is 15.0 Å². The molecule has 0 spiro atoms. The van der Waals surface area contributed by atoms with Crippen molar-refractivity contribution in [3.8, 4) is 11.5 Å². The fraction of sp³-hybridized carbons (Fsp3) is 0.519. The number of piperidine rings is 2. The minimum absolute atomic E-state index is 0.0957. The Bertz CT molecular complexity index is 1120. The molecule has 0 bridgehead atoms. The highest BCUT2D eigenvalue weighted by Crippen LogP contribution is 2.30. The van der Waals surface area contributed by atoms with Gasteiger partial charge in [-0.1, -0.05) is 18.6 Å². The first-order valence-electron chi connectivity index (χ1n) is 12.9. The van der Waals surface area contributed by atoms with Crippen LogP contribution in [0.2, 0.25) is 0 Å². The van der Waals surface area contributed by atoms with Crippen LogP contribution in [0.25, 0.3) is 0 Å². The number of ether oxygens (including phenoxy) is 2. The quantitative estimate of drug-likeness (QED) is 0.356. The van der Waals surface area contributed by atoms with Crippen molar-refractivity contribution in [1.82, 2.24) is 15.3 Å². The molecule has 2 N–H and O–H groups in total. The zero-order valence-electron chi connectivity index (χ0n) is 21.3. The van der Waals surface area contributed by atoms with Gasteiger partial charge in [0.25, 0.3) is 5.91 Å². The van der Waals surface area contributed by atoms with Crippen molar-refractivity contribution < 1.29 is 27.9 Å². The predicted molar refractivity (Wildman–Crippen MR) is 140 cm³/mol. The molecule has 0 radical (unpaired) electrons. The van der Waals surface area contributed by atoms with E-state index in [0.717, 1.165) is 30.9 Å². The number of hydrogen-bond donors (Lipinski definition) is 2. The average molecular weight is 532 g/mol. The Hall–Kier alpha value is -2.66. The van der Waals surface area contributed by atoms with Gasteiger partial charge in [0.15, 0.2) is 9.84 Å². The molecule has 2 aromatic rings. The van der Waals surface area contributed by atoms with Gasteiger partial charge in [-0.3, -0.25) is 19.8 Å². The summed E-state index contributed by atoms with van der Waals surface area (Å²) in [5, 5.41) is 8.61. The molecule has 0 aliphatic carbocycles. The first-order chi connectivity index (χ1) is 17.9. The van der Waals surface area contributed by atoms with Crippen LogP contribution in [0, 0.1) is 0 Å². The lowest BCUT2D eigenvalue weighted by Crippen LogP contribution is -2.52. The third-order valence-corrected chi connectivity index (χ3v) is 9.57. The van der Waals surface area contributed by atoms with E-state index in [9.17, 15) is 18.4 Å². The highest BCUT2D eigenvalue weighted by molar-refractivity contribution is 7.92. The fourth-order valence-electron chi connectivity index (χ4n) is 5.16. The number of carbonyl (C=O) groups excluding carboxylic acids is 1. The number of amides is 1. The van der Waals surface area contributed by atoms with Crippen LogP contribution in [-0.4, -0.2) is 80.5 Å². The Kier molecular flexibility index (Phi) is 9.42. The van der Waals surface area contributed by atoms with Gasteiger partial charge < -0.3 is 9.47 Å². The predicted octanol–water partition coefficient (Wildman–Crippen LogP) is 2.87. The molecule has 2 aromatic carbocycles. The highest BCUT2D eigenvalue weighted by Gasteiger charge is 2.39. The van der Waals surface area contributed by atoms with E-state index in [0.29, 0.717) is 31.9 Å². The summed E-state index contributed by atoms with van der Waals surface area (Å²) in [6.07, 6.45) is 4.32. The van der Waals surface area contributed by atoms with Crippen molar-refractivity contribution in [2.75, 3.05) is 39.9 Å². The smallest absolute Gasteiger partial charge is 0.260 e. The SMILES string of the molecule is COc1ccc(S(=O)(=O)C2CCN(Cc3ccc(OCCN4CCCCC4)cc3)C(C(=O)NO)C2)cc1. The molecule has 2 heterocycles. The Morgan fingerprint density at radius 3 is 2.32 bits per heavy atom. The van der Waals surface area contributed by atoms with E-state index < -0.39 is 27.0 Å². The van der Waals surface area contributed by atoms with Crippen molar-refractivity contribution in [1.29, 1.82) is 0 Å². The largest absolute Gasteiger partial charge is 0.497 e. The van der Waals surface area contributed by atoms with Crippen LogP contribution >= 0.6 is 0 Å². The van der Waals surface area contributed by atoms with Gasteiger partial charge in [-0.05, 0) is 80.7 Å². The number of rotatable bonds is 10. The van der Waals surface area contributed by atoms with Crippen LogP contribution in [0.15, 0.2) is 53.4 Å². The van der Waals surface area contributed by atoms with Crippen LogP contribution in [-0.2, 0) is 21.2 Å². The molecule has 10 heteroatoms. The molecule has 9 nitrogen and oxygen atoms in total. The summed E-state index contributed by atoms with van der Waals surface area (Å²) in [4.78, 5) is 17.1. The molecule has 2 atom stereocenters. The van der Waals surface area contributed by atoms with E-state index in [1.165, 1.54) is 38.5 Å². The summed E-state index contributed by atoms with van der Waals surface area (Å²) in [7, 11) is -2.12. The molecule has 4 rings (SSSR count). The zero-order chi connectivity index (χ0) is 26.3. The number of hydroxylamine groups is 1. The number of likely N-dealkylation sites (tertiary alicyclic amines) is 2. The van der Waals surface area contributed by atoms with Crippen LogP contribution in [0.4, 0.5) is 0 Å². The van der Waals surface area contributed by atoms with E-state index in [1.54, 1.807) is 17.6 Å². The van der Waals surface area contributed by atoms with Crippen molar-refractivity contribution >= 4 is 15.7 Å². The van der Waals surface area contributed by atoms with Crippen molar-refractivity contribution in [2.45, 2.75) is 54.8 Å². The molecular weight excluding hydrogens is 494 g/mol. The molecule has 2 aliphatic heterocycles. The van der Waals surface area contributed by atoms with Crippen molar-refractivity contribution in [3.05, 3.63) is 54.1 Å². The second-order valence-electron chi connectivity index (χ2n) is 9.72. The average Bonchev–Trinajstić information content (AvgIpc) is 2.94. The number of methoxy groups -OCH3 is 1. The van der Waals surface area contributed by atoms with Crippen LogP contribution in [0.3, 0.4) is 0 Å². The van der Waals surface area contributed by atoms with Gasteiger partial charge in [0.05, 0.1) is 23.3 Å². The zero-order valence-corrected chi connectivity index (χ0v) is 22.2. The van der Waals surface area contributed by atoms with Gasteiger partial charge in [0.1, 0.15) is 18.1 Å². The van der Waals surface area contributed by atoms with Gasteiger partial charge in [0, 0.05) is 19.6 Å². The molecule has 0 saturated carbocycles. The minimum Gasteiger partial charge on any atom is -0.497 e. The van der Waals surface area contributed by atoms with Crippen LogP contribution in [0.5, 0.6) is 11.5 Å². The standard InChI is InChI=1S/C27H37N3O6S/c1-35-22-9-11-24(12-10-22)37(33,34)25-13-16-30(26(19-25)27(31)28-32)20-21-5-7-23(8-6-21)36-18-17-29-14-3-2-4-15-29/h5-12,25-26,32H,2-4,13-20H2,1H3,(H,28,31). The van der Waals surface area contributed by atoms with E-state index in [2.05, 4.69) is 4.90 Å². The maximum absolute atomic E-state index is 13.3. The summed E-state index contributed by atoms with van der Waals surface area (Å²) in [6.45, 7) is 4.72. The molecule has 0 aromatic heterocycles. The summed E-state index contributed by atoms with van der Waals surface area (Å²) in [6, 6.07) is 13.3. The van der Waals surface area contributed by atoms with E-state index in [4.69, 9.17) is 9.47 Å². The molecule has 202 valence electrons. The summed E-state index contributed by atoms with van der Waals surface area (Å²) >= 11 is 0. The second kappa shape index (κ2) is 12.7. The van der Waals surface area contributed by atoms with E-state index in [1.807, 2.05) is 29.2 Å². The third kappa shape index (κ3) is 7.01. The lowest BCUT2D eigenvalue weighted by atomic mass is 10.00. The maximum atomic E-state index is 13.3. The minimum atomic E-state index is -3.64. The Labute approximate surface area is 219 Å². The number of sulfone groups is 1. The van der Waals surface area contributed by atoms with Gasteiger partial charge >= 0.3 is 0 Å². The highest BCUT2D eigenvalue weighted by atomic mass is 32.2. The summed E-state index contributed by atoms with van der Waals surface area (Å²) in [5.41, 5.74) is 2.70. The number of benzene rings is 2. The van der Waals surface area contributed by atoms with Gasteiger partial charge in [-0.25, -0.2) is 13.9 Å². The molecule has 2 fully saturated rings. The lowest BCUT2D eigenvalue weighted by molar-refractivity contribution is -0.136. The van der Waals surface area contributed by atoms with Crippen LogP contribution in [0.1, 0.15) is 37.7 Å². The lowest BCUT2D eigenvalue weighted by Gasteiger charge is -2.37. The number of nitrogens with zero attached hydrogens (tertiary/aromatic N) is 2. The Morgan fingerprint density at radius 1 is 1.00 bits per heavy atom. The second-order valence-corrected chi connectivity index (χ2v) is 12.0. The normalized spacial score (nSPS) is 21.4. The molecule has 2 aliphatic rings. The first-order valence-corrected chi connectivity index (χ1v) is 14.5. The monoisotopic (exact) mass is 531 g/mol. The third-order valence-electron chi connectivity index (χ3n) is 7.34. The number of hydrogen-bond acceptors (Lipinski definition) is 8. The van der Waals surface area contributed by atoms with Gasteiger partial charge in [0.2, 0.25) is 0 Å². The molecule has 1 amide bonds. The molecular formula is C27H37N3O6S. The fourth-order valence-corrected chi connectivity index (χ4v) is 6.91. The maximum Gasteiger partial charge on any atom is 0.260 e. The Balaban J connectivity index is 1.36. The Morgan fingerprint density at radius 2 is 1.68 bits per heavy atom. The summed E-state index contributed by atoms with van der Waals surface area (Å²) in [5.74, 6) is 0.770.